The van der Waals surface area contributed by atoms with Crippen LogP contribution in [0.25, 0.3) is 10.8 Å². The SMILES string of the molecule is CCCCCCCCOc1ccc2c(C)c(OCCCCCCCCCl)ccc2c1. The molecule has 30 heavy (non-hydrogen) atoms. The number of ether oxygens (including phenoxy) is 2. The van der Waals surface area contributed by atoms with E-state index in [1.54, 1.807) is 0 Å². The summed E-state index contributed by atoms with van der Waals surface area (Å²) < 4.78 is 12.0. The zero-order valence-electron chi connectivity index (χ0n) is 19.2. The molecule has 0 saturated carbocycles. The van der Waals surface area contributed by atoms with Gasteiger partial charge in [-0.25, -0.2) is 0 Å². The lowest BCUT2D eigenvalue weighted by molar-refractivity contribution is 0.302. The van der Waals surface area contributed by atoms with Crippen molar-refractivity contribution in [1.29, 1.82) is 0 Å². The minimum absolute atomic E-state index is 0.789. The van der Waals surface area contributed by atoms with Crippen molar-refractivity contribution in [2.24, 2.45) is 0 Å². The van der Waals surface area contributed by atoms with Gasteiger partial charge in [-0.15, -0.1) is 11.6 Å². The van der Waals surface area contributed by atoms with Gasteiger partial charge in [-0.2, -0.15) is 0 Å². The van der Waals surface area contributed by atoms with Crippen molar-refractivity contribution in [2.75, 3.05) is 19.1 Å². The average molecular weight is 433 g/mol. The van der Waals surface area contributed by atoms with Gasteiger partial charge in [0, 0.05) is 5.88 Å². The van der Waals surface area contributed by atoms with Crippen LogP contribution in [-0.4, -0.2) is 19.1 Å². The highest BCUT2D eigenvalue weighted by molar-refractivity contribution is 6.17. The van der Waals surface area contributed by atoms with Crippen molar-refractivity contribution in [3.05, 3.63) is 35.9 Å². The maximum absolute atomic E-state index is 6.07. The smallest absolute Gasteiger partial charge is 0.122 e. The Morgan fingerprint density at radius 2 is 1.33 bits per heavy atom. The molecule has 2 nitrogen and oxygen atoms in total. The van der Waals surface area contributed by atoms with Crippen molar-refractivity contribution in [2.45, 2.75) is 90.9 Å². The van der Waals surface area contributed by atoms with Gasteiger partial charge in [0.25, 0.3) is 0 Å². The molecule has 0 unspecified atom stereocenters. The topological polar surface area (TPSA) is 18.5 Å². The molecule has 0 radical (unpaired) electrons. The zero-order valence-corrected chi connectivity index (χ0v) is 19.9. The lowest BCUT2D eigenvalue weighted by Crippen LogP contribution is -2.00. The van der Waals surface area contributed by atoms with Gasteiger partial charge in [-0.1, -0.05) is 76.8 Å². The number of halogens is 1. The molecule has 168 valence electrons. The number of benzene rings is 2. The summed E-state index contributed by atoms with van der Waals surface area (Å²) in [5.74, 6) is 2.76. The summed E-state index contributed by atoms with van der Waals surface area (Å²) in [6.45, 7) is 6.01. The van der Waals surface area contributed by atoms with Crippen LogP contribution in [0.2, 0.25) is 0 Å². The highest BCUT2D eigenvalue weighted by atomic mass is 35.5. The van der Waals surface area contributed by atoms with Crippen molar-refractivity contribution < 1.29 is 9.47 Å². The van der Waals surface area contributed by atoms with E-state index in [2.05, 4.69) is 44.2 Å². The van der Waals surface area contributed by atoms with Gasteiger partial charge in [0.2, 0.25) is 0 Å². The molecule has 0 aliphatic heterocycles. The Hall–Kier alpha value is -1.41. The molecule has 2 rings (SSSR count). The lowest BCUT2D eigenvalue weighted by atomic mass is 10.0. The maximum atomic E-state index is 6.07. The fourth-order valence-electron chi connectivity index (χ4n) is 3.85. The lowest BCUT2D eigenvalue weighted by Gasteiger charge is -2.13. The van der Waals surface area contributed by atoms with Gasteiger partial charge < -0.3 is 9.47 Å². The normalized spacial score (nSPS) is 11.2. The standard InChI is InChI=1S/C27H41ClO2/c1-3-4-5-6-10-13-20-29-25-16-17-26-23(2)27(18-15-24(26)22-25)30-21-14-11-8-7-9-12-19-28/h15-18,22H,3-14,19-21H2,1-2H3. The van der Waals surface area contributed by atoms with Gasteiger partial charge in [-0.05, 0) is 60.7 Å². The van der Waals surface area contributed by atoms with E-state index in [-0.39, 0.29) is 0 Å². The van der Waals surface area contributed by atoms with E-state index in [1.807, 2.05) is 0 Å². The number of alkyl halides is 1. The molecule has 2 aromatic rings. The summed E-state index contributed by atoms with van der Waals surface area (Å²) in [5, 5.41) is 2.47. The molecule has 0 atom stereocenters. The minimum Gasteiger partial charge on any atom is -0.494 e. The molecule has 0 saturated heterocycles. The zero-order chi connectivity index (χ0) is 21.4. The molecule has 3 heteroatoms. The summed E-state index contributed by atoms with van der Waals surface area (Å²) >= 11 is 5.72. The molecule has 0 spiro atoms. The third-order valence-corrected chi connectivity index (χ3v) is 6.03. The van der Waals surface area contributed by atoms with Crippen LogP contribution in [0.5, 0.6) is 11.5 Å². The summed E-state index contributed by atoms with van der Waals surface area (Å²) in [4.78, 5) is 0. The van der Waals surface area contributed by atoms with E-state index < -0.39 is 0 Å². The Bertz CT molecular complexity index is 713. The fraction of sp³-hybridized carbons (Fsp3) is 0.630. The average Bonchev–Trinajstić information content (AvgIpc) is 2.76. The molecule has 0 bridgehead atoms. The molecule has 0 aliphatic rings. The molecule has 0 N–H and O–H groups in total. The summed E-state index contributed by atoms with van der Waals surface area (Å²) in [7, 11) is 0. The second-order valence-corrected chi connectivity index (χ2v) is 8.72. The number of unbranched alkanes of at least 4 members (excludes halogenated alkanes) is 10. The summed E-state index contributed by atoms with van der Waals surface area (Å²) in [6, 6.07) is 10.7. The van der Waals surface area contributed by atoms with Crippen molar-refractivity contribution >= 4 is 22.4 Å². The second kappa shape index (κ2) is 15.4. The molecule has 0 aliphatic carbocycles. The first kappa shape index (κ1) is 24.9. The van der Waals surface area contributed by atoms with E-state index >= 15 is 0 Å². The van der Waals surface area contributed by atoms with E-state index in [4.69, 9.17) is 21.1 Å². The molecular weight excluding hydrogens is 392 g/mol. The van der Waals surface area contributed by atoms with E-state index in [0.717, 1.165) is 49.9 Å². The van der Waals surface area contributed by atoms with Crippen LogP contribution in [0.1, 0.15) is 89.5 Å². The second-order valence-electron chi connectivity index (χ2n) is 8.35. The predicted molar refractivity (Wildman–Crippen MR) is 131 cm³/mol. The Kier molecular flexibility index (Phi) is 12.8. The van der Waals surface area contributed by atoms with Crippen LogP contribution in [-0.2, 0) is 0 Å². The van der Waals surface area contributed by atoms with Crippen molar-refractivity contribution in [3.8, 4) is 11.5 Å². The van der Waals surface area contributed by atoms with Gasteiger partial charge in [0.1, 0.15) is 11.5 Å². The van der Waals surface area contributed by atoms with E-state index in [1.165, 1.54) is 74.1 Å². The van der Waals surface area contributed by atoms with Gasteiger partial charge in [-0.3, -0.25) is 0 Å². The van der Waals surface area contributed by atoms with Crippen LogP contribution >= 0.6 is 11.6 Å². The number of rotatable bonds is 17. The first-order valence-corrected chi connectivity index (χ1v) is 12.6. The first-order valence-electron chi connectivity index (χ1n) is 12.1. The third-order valence-electron chi connectivity index (χ3n) is 5.76. The van der Waals surface area contributed by atoms with Crippen LogP contribution in [0, 0.1) is 6.92 Å². The van der Waals surface area contributed by atoms with Crippen molar-refractivity contribution in [3.63, 3.8) is 0 Å². The molecule has 2 aromatic carbocycles. The Morgan fingerprint density at radius 1 is 0.700 bits per heavy atom. The Morgan fingerprint density at radius 3 is 2.03 bits per heavy atom. The maximum Gasteiger partial charge on any atom is 0.122 e. The van der Waals surface area contributed by atoms with E-state index in [0.29, 0.717) is 0 Å². The van der Waals surface area contributed by atoms with Crippen LogP contribution in [0.3, 0.4) is 0 Å². The highest BCUT2D eigenvalue weighted by Gasteiger charge is 2.06. The molecular formula is C27H41ClO2. The molecule has 0 fully saturated rings. The van der Waals surface area contributed by atoms with E-state index in [9.17, 15) is 0 Å². The summed E-state index contributed by atoms with van der Waals surface area (Å²) in [5.41, 5.74) is 1.22. The fourth-order valence-corrected chi connectivity index (χ4v) is 4.04. The third kappa shape index (κ3) is 9.16. The quantitative estimate of drug-likeness (QED) is 0.183. The van der Waals surface area contributed by atoms with Gasteiger partial charge >= 0.3 is 0 Å². The minimum atomic E-state index is 0.789. The molecule has 0 heterocycles. The number of hydrogen-bond acceptors (Lipinski definition) is 2. The van der Waals surface area contributed by atoms with Gasteiger partial charge in [0.05, 0.1) is 13.2 Å². The number of aryl methyl sites for hydroxylation is 1. The first-order chi connectivity index (χ1) is 14.8. The highest BCUT2D eigenvalue weighted by Crippen LogP contribution is 2.30. The predicted octanol–water partition coefficient (Wildman–Crippen LogP) is 8.85. The van der Waals surface area contributed by atoms with Crippen LogP contribution in [0.15, 0.2) is 30.3 Å². The number of fused-ring (bicyclic) bond motifs is 1. The number of hydrogen-bond donors (Lipinski definition) is 0. The largest absolute Gasteiger partial charge is 0.494 e. The molecule has 0 aromatic heterocycles. The van der Waals surface area contributed by atoms with Crippen LogP contribution < -0.4 is 9.47 Å². The molecule has 0 amide bonds. The van der Waals surface area contributed by atoms with Crippen LogP contribution in [0.4, 0.5) is 0 Å². The summed E-state index contributed by atoms with van der Waals surface area (Å²) in [6.07, 6.45) is 15.0. The van der Waals surface area contributed by atoms with Gasteiger partial charge in [0.15, 0.2) is 0 Å². The Labute approximate surface area is 189 Å². The monoisotopic (exact) mass is 432 g/mol. The Balaban J connectivity index is 1.74. The van der Waals surface area contributed by atoms with Crippen molar-refractivity contribution in [1.82, 2.24) is 0 Å².